The fraction of sp³-hybridized carbons (Fsp3) is 0.917. The van der Waals surface area contributed by atoms with Crippen molar-refractivity contribution in [3.05, 3.63) is 0 Å². The molecule has 1 amide bonds. The van der Waals surface area contributed by atoms with Crippen LogP contribution in [0.3, 0.4) is 0 Å². The van der Waals surface area contributed by atoms with Gasteiger partial charge in [-0.2, -0.15) is 11.8 Å². The molecule has 0 aromatic rings. The lowest BCUT2D eigenvalue weighted by atomic mass is 9.98. The number of rotatable bonds is 3. The Bertz CT molecular complexity index is 251. The standard InChI is InChI=1S/C12H22N2OS.ClH/c1-12(5-3-7-16-12)9-14-11(15)10-4-2-6-13-8-10;/h10,13H,2-9H2,1H3,(H,14,15);1H. The fourth-order valence-electron chi connectivity index (χ4n) is 2.47. The summed E-state index contributed by atoms with van der Waals surface area (Å²) in [5.74, 6) is 1.70. The lowest BCUT2D eigenvalue weighted by Crippen LogP contribution is -2.44. The molecule has 0 aliphatic carbocycles. The number of nitrogens with one attached hydrogen (secondary N) is 2. The molecule has 3 nitrogen and oxygen atoms in total. The zero-order valence-corrected chi connectivity index (χ0v) is 12.1. The van der Waals surface area contributed by atoms with Crippen molar-refractivity contribution in [2.75, 3.05) is 25.4 Å². The van der Waals surface area contributed by atoms with Gasteiger partial charge in [0.15, 0.2) is 0 Å². The molecule has 2 N–H and O–H groups in total. The predicted octanol–water partition coefficient (Wildman–Crippen LogP) is 1.81. The summed E-state index contributed by atoms with van der Waals surface area (Å²) in [7, 11) is 0. The summed E-state index contributed by atoms with van der Waals surface area (Å²) in [4.78, 5) is 11.9. The van der Waals surface area contributed by atoms with Crippen LogP contribution in [-0.2, 0) is 4.79 Å². The third kappa shape index (κ3) is 4.34. The predicted molar refractivity (Wildman–Crippen MR) is 75.9 cm³/mol. The second kappa shape index (κ2) is 6.86. The first-order chi connectivity index (χ1) is 7.70. The van der Waals surface area contributed by atoms with E-state index in [1.54, 1.807) is 0 Å². The molecule has 0 aromatic carbocycles. The summed E-state index contributed by atoms with van der Waals surface area (Å²) in [6, 6.07) is 0. The molecule has 2 unspecified atom stereocenters. The first-order valence-corrected chi connectivity index (χ1v) is 7.31. The van der Waals surface area contributed by atoms with Crippen LogP contribution in [0.25, 0.3) is 0 Å². The second-order valence-electron chi connectivity index (χ2n) is 5.16. The van der Waals surface area contributed by atoms with Crippen molar-refractivity contribution in [2.45, 2.75) is 37.4 Å². The van der Waals surface area contributed by atoms with E-state index in [2.05, 4.69) is 17.6 Å². The summed E-state index contributed by atoms with van der Waals surface area (Å²) in [6.07, 6.45) is 4.70. The topological polar surface area (TPSA) is 41.1 Å². The molecule has 17 heavy (non-hydrogen) atoms. The van der Waals surface area contributed by atoms with Gasteiger partial charge in [0.05, 0.1) is 5.92 Å². The number of amides is 1. The van der Waals surface area contributed by atoms with Crippen LogP contribution in [0.2, 0.25) is 0 Å². The molecule has 0 spiro atoms. The van der Waals surface area contributed by atoms with Crippen LogP contribution in [0, 0.1) is 5.92 Å². The lowest BCUT2D eigenvalue weighted by molar-refractivity contribution is -0.125. The van der Waals surface area contributed by atoms with E-state index in [4.69, 9.17) is 0 Å². The first kappa shape index (κ1) is 15.1. The molecular formula is C12H23ClN2OS. The number of carbonyl (C=O) groups excluding carboxylic acids is 1. The Morgan fingerprint density at radius 1 is 1.53 bits per heavy atom. The highest BCUT2D eigenvalue weighted by molar-refractivity contribution is 8.00. The number of thioether (sulfide) groups is 1. The van der Waals surface area contributed by atoms with Gasteiger partial charge in [0, 0.05) is 17.8 Å². The van der Waals surface area contributed by atoms with Crippen LogP contribution in [0.4, 0.5) is 0 Å². The molecule has 2 aliphatic rings. The van der Waals surface area contributed by atoms with Crippen molar-refractivity contribution in [1.29, 1.82) is 0 Å². The molecule has 0 bridgehead atoms. The number of carbonyl (C=O) groups is 1. The van der Waals surface area contributed by atoms with Gasteiger partial charge < -0.3 is 10.6 Å². The molecule has 2 saturated heterocycles. The average molecular weight is 279 g/mol. The van der Waals surface area contributed by atoms with E-state index in [1.165, 1.54) is 18.6 Å². The summed E-state index contributed by atoms with van der Waals surface area (Å²) in [6.45, 7) is 5.03. The van der Waals surface area contributed by atoms with Gasteiger partial charge in [-0.1, -0.05) is 0 Å². The maximum Gasteiger partial charge on any atom is 0.224 e. The summed E-state index contributed by atoms with van der Waals surface area (Å²) in [5, 5.41) is 6.42. The van der Waals surface area contributed by atoms with Gasteiger partial charge in [-0.25, -0.2) is 0 Å². The van der Waals surface area contributed by atoms with E-state index in [-0.39, 0.29) is 29.0 Å². The highest BCUT2D eigenvalue weighted by atomic mass is 35.5. The van der Waals surface area contributed by atoms with E-state index < -0.39 is 0 Å². The molecule has 0 saturated carbocycles. The maximum atomic E-state index is 11.9. The van der Waals surface area contributed by atoms with Crippen LogP contribution in [0.15, 0.2) is 0 Å². The summed E-state index contributed by atoms with van der Waals surface area (Å²) >= 11 is 2.00. The monoisotopic (exact) mass is 278 g/mol. The van der Waals surface area contributed by atoms with Crippen molar-refractivity contribution < 1.29 is 4.79 Å². The fourth-order valence-corrected chi connectivity index (χ4v) is 3.71. The molecule has 0 aromatic heterocycles. The van der Waals surface area contributed by atoms with Crippen LogP contribution in [0.5, 0.6) is 0 Å². The van der Waals surface area contributed by atoms with Gasteiger partial charge in [0.25, 0.3) is 0 Å². The van der Waals surface area contributed by atoms with Crippen molar-refractivity contribution in [3.8, 4) is 0 Å². The van der Waals surface area contributed by atoms with Gasteiger partial charge in [-0.05, 0) is 44.9 Å². The zero-order valence-electron chi connectivity index (χ0n) is 10.5. The minimum absolute atomic E-state index is 0. The molecule has 0 radical (unpaired) electrons. The van der Waals surface area contributed by atoms with E-state index in [9.17, 15) is 4.79 Å². The summed E-state index contributed by atoms with van der Waals surface area (Å²) < 4.78 is 0.289. The van der Waals surface area contributed by atoms with Crippen LogP contribution >= 0.6 is 24.2 Å². The van der Waals surface area contributed by atoms with E-state index in [0.29, 0.717) is 0 Å². The Kier molecular flexibility index (Phi) is 6.10. The normalized spacial score (nSPS) is 32.9. The Morgan fingerprint density at radius 2 is 2.35 bits per heavy atom. The smallest absolute Gasteiger partial charge is 0.224 e. The van der Waals surface area contributed by atoms with Gasteiger partial charge in [0.2, 0.25) is 5.91 Å². The molecule has 5 heteroatoms. The molecule has 2 rings (SSSR count). The van der Waals surface area contributed by atoms with E-state index >= 15 is 0 Å². The van der Waals surface area contributed by atoms with Crippen LogP contribution in [0.1, 0.15) is 32.6 Å². The number of piperidine rings is 1. The Hall–Kier alpha value is 0.0700. The number of hydrogen-bond donors (Lipinski definition) is 2. The van der Waals surface area contributed by atoms with Crippen LogP contribution in [-0.4, -0.2) is 36.0 Å². The SMILES string of the molecule is CC1(CNC(=O)C2CCCNC2)CCCS1.Cl. The summed E-state index contributed by atoms with van der Waals surface area (Å²) in [5.41, 5.74) is 0. The van der Waals surface area contributed by atoms with E-state index in [1.807, 2.05) is 11.8 Å². The lowest BCUT2D eigenvalue weighted by Gasteiger charge is -2.26. The van der Waals surface area contributed by atoms with Crippen molar-refractivity contribution in [2.24, 2.45) is 5.92 Å². The van der Waals surface area contributed by atoms with Crippen molar-refractivity contribution in [3.63, 3.8) is 0 Å². The number of halogens is 1. The Balaban J connectivity index is 0.00000144. The largest absolute Gasteiger partial charge is 0.354 e. The molecule has 2 aliphatic heterocycles. The first-order valence-electron chi connectivity index (χ1n) is 6.32. The highest BCUT2D eigenvalue weighted by Crippen LogP contribution is 2.37. The molecule has 100 valence electrons. The zero-order chi connectivity index (χ0) is 11.4. The molecule has 2 heterocycles. The van der Waals surface area contributed by atoms with E-state index in [0.717, 1.165) is 32.5 Å². The Labute approximate surface area is 114 Å². The molecule has 2 atom stereocenters. The average Bonchev–Trinajstić information content (AvgIpc) is 2.75. The van der Waals surface area contributed by atoms with Crippen molar-refractivity contribution in [1.82, 2.24) is 10.6 Å². The molecule has 2 fully saturated rings. The third-order valence-corrected chi connectivity index (χ3v) is 5.14. The number of hydrogen-bond acceptors (Lipinski definition) is 3. The second-order valence-corrected chi connectivity index (χ2v) is 6.85. The van der Waals surface area contributed by atoms with Gasteiger partial charge >= 0.3 is 0 Å². The minimum Gasteiger partial charge on any atom is -0.354 e. The van der Waals surface area contributed by atoms with Gasteiger partial charge in [-0.3, -0.25) is 4.79 Å². The minimum atomic E-state index is 0. The Morgan fingerprint density at radius 3 is 2.94 bits per heavy atom. The third-order valence-electron chi connectivity index (χ3n) is 3.60. The van der Waals surface area contributed by atoms with Crippen molar-refractivity contribution >= 4 is 30.1 Å². The van der Waals surface area contributed by atoms with Crippen LogP contribution < -0.4 is 10.6 Å². The quantitative estimate of drug-likeness (QED) is 0.827. The van der Waals surface area contributed by atoms with Gasteiger partial charge in [0.1, 0.15) is 0 Å². The molecular weight excluding hydrogens is 256 g/mol. The van der Waals surface area contributed by atoms with Gasteiger partial charge in [-0.15, -0.1) is 12.4 Å². The highest BCUT2D eigenvalue weighted by Gasteiger charge is 2.30. The maximum absolute atomic E-state index is 11.9.